The van der Waals surface area contributed by atoms with Crippen LogP contribution in [0.3, 0.4) is 0 Å². The monoisotopic (exact) mass is 280 g/mol. The maximum atomic E-state index is 11.0. The second-order valence-corrected chi connectivity index (χ2v) is 4.97. The standard InChI is InChI=1S/C16H16N4O/c17-15(18)20-16(21,13-9-5-2-6-10-13)11-14(19-20)12-7-3-1-4-8-12/h1-10,21H,11H2,(H3,17,18)/t16-/m1/s1. The summed E-state index contributed by atoms with van der Waals surface area (Å²) in [5.74, 6) is -0.285. The highest BCUT2D eigenvalue weighted by Crippen LogP contribution is 2.36. The molecule has 2 aromatic rings. The van der Waals surface area contributed by atoms with E-state index in [4.69, 9.17) is 11.1 Å². The predicted octanol–water partition coefficient (Wildman–Crippen LogP) is 1.84. The van der Waals surface area contributed by atoms with Crippen molar-refractivity contribution < 1.29 is 5.11 Å². The second kappa shape index (κ2) is 5.03. The van der Waals surface area contributed by atoms with Gasteiger partial charge in [0.25, 0.3) is 0 Å². The van der Waals surface area contributed by atoms with E-state index < -0.39 is 5.72 Å². The van der Waals surface area contributed by atoms with E-state index in [0.717, 1.165) is 5.56 Å². The normalized spacial score (nSPS) is 21.2. The Morgan fingerprint density at radius 1 is 1.10 bits per heavy atom. The fraction of sp³-hybridized carbons (Fsp3) is 0.125. The van der Waals surface area contributed by atoms with Gasteiger partial charge in [-0.1, -0.05) is 60.7 Å². The number of rotatable bonds is 2. The molecule has 106 valence electrons. The second-order valence-electron chi connectivity index (χ2n) is 4.97. The summed E-state index contributed by atoms with van der Waals surface area (Å²) in [6, 6.07) is 18.8. The van der Waals surface area contributed by atoms with Crippen molar-refractivity contribution in [3.63, 3.8) is 0 Å². The zero-order valence-corrected chi connectivity index (χ0v) is 11.4. The van der Waals surface area contributed by atoms with Gasteiger partial charge in [0.2, 0.25) is 5.96 Å². The topological polar surface area (TPSA) is 85.7 Å². The Morgan fingerprint density at radius 2 is 1.67 bits per heavy atom. The van der Waals surface area contributed by atoms with Gasteiger partial charge in [0.1, 0.15) is 0 Å². The van der Waals surface area contributed by atoms with Crippen LogP contribution in [0, 0.1) is 5.41 Å². The minimum Gasteiger partial charge on any atom is -0.368 e. The smallest absolute Gasteiger partial charge is 0.212 e. The minimum absolute atomic E-state index is 0.278. The summed E-state index contributed by atoms with van der Waals surface area (Å²) >= 11 is 0. The van der Waals surface area contributed by atoms with Crippen LogP contribution < -0.4 is 5.73 Å². The third-order valence-electron chi connectivity index (χ3n) is 3.56. The molecule has 0 fully saturated rings. The lowest BCUT2D eigenvalue weighted by atomic mass is 9.95. The van der Waals surface area contributed by atoms with Gasteiger partial charge < -0.3 is 10.8 Å². The molecule has 21 heavy (non-hydrogen) atoms. The molecule has 1 aliphatic rings. The predicted molar refractivity (Wildman–Crippen MR) is 81.7 cm³/mol. The molecular formula is C16H16N4O. The van der Waals surface area contributed by atoms with Crippen LogP contribution in [0.1, 0.15) is 17.5 Å². The first-order valence-electron chi connectivity index (χ1n) is 6.66. The van der Waals surface area contributed by atoms with Crippen LogP contribution in [0.5, 0.6) is 0 Å². The van der Waals surface area contributed by atoms with Crippen LogP contribution in [-0.4, -0.2) is 21.8 Å². The van der Waals surface area contributed by atoms with Crippen LogP contribution in [-0.2, 0) is 5.72 Å². The van der Waals surface area contributed by atoms with Crippen molar-refractivity contribution in [1.82, 2.24) is 5.01 Å². The van der Waals surface area contributed by atoms with Crippen LogP contribution >= 0.6 is 0 Å². The van der Waals surface area contributed by atoms with Crippen molar-refractivity contribution in [3.8, 4) is 0 Å². The molecule has 0 aliphatic carbocycles. The van der Waals surface area contributed by atoms with Crippen LogP contribution in [0.2, 0.25) is 0 Å². The lowest BCUT2D eigenvalue weighted by molar-refractivity contribution is -0.0583. The molecule has 1 heterocycles. The molecule has 1 aliphatic heterocycles. The first-order valence-corrected chi connectivity index (χ1v) is 6.66. The summed E-state index contributed by atoms with van der Waals surface area (Å²) in [6.45, 7) is 0. The summed E-state index contributed by atoms with van der Waals surface area (Å²) in [4.78, 5) is 0. The Balaban J connectivity index is 2.03. The van der Waals surface area contributed by atoms with Crippen molar-refractivity contribution in [2.24, 2.45) is 10.8 Å². The van der Waals surface area contributed by atoms with Gasteiger partial charge in [0.15, 0.2) is 5.72 Å². The summed E-state index contributed by atoms with van der Waals surface area (Å²) in [7, 11) is 0. The zero-order valence-electron chi connectivity index (χ0n) is 11.4. The van der Waals surface area contributed by atoms with E-state index in [9.17, 15) is 5.11 Å². The van der Waals surface area contributed by atoms with E-state index in [-0.39, 0.29) is 12.4 Å². The molecule has 5 nitrogen and oxygen atoms in total. The molecule has 0 saturated carbocycles. The molecule has 0 saturated heterocycles. The number of nitrogens with zero attached hydrogens (tertiary/aromatic N) is 2. The van der Waals surface area contributed by atoms with Crippen molar-refractivity contribution in [2.45, 2.75) is 12.1 Å². The summed E-state index contributed by atoms with van der Waals surface area (Å²) in [6.07, 6.45) is 0.278. The van der Waals surface area contributed by atoms with E-state index in [2.05, 4.69) is 5.10 Å². The molecule has 1 atom stereocenters. The number of benzene rings is 2. The number of hydrazone groups is 1. The van der Waals surface area contributed by atoms with Gasteiger partial charge in [-0.2, -0.15) is 10.1 Å². The Morgan fingerprint density at radius 3 is 2.24 bits per heavy atom. The SMILES string of the molecule is N=C(N)N1N=C(c2ccccc2)C[C@@]1(O)c1ccccc1. The van der Waals surface area contributed by atoms with Crippen molar-refractivity contribution >= 4 is 11.7 Å². The molecular weight excluding hydrogens is 264 g/mol. The van der Waals surface area contributed by atoms with Gasteiger partial charge in [0, 0.05) is 12.0 Å². The maximum absolute atomic E-state index is 11.0. The summed E-state index contributed by atoms with van der Waals surface area (Å²) in [5.41, 5.74) is 6.45. The van der Waals surface area contributed by atoms with Gasteiger partial charge in [-0.3, -0.25) is 5.41 Å². The Bertz CT molecular complexity index is 684. The van der Waals surface area contributed by atoms with Crippen LogP contribution in [0.15, 0.2) is 65.8 Å². The van der Waals surface area contributed by atoms with Gasteiger partial charge in [0.05, 0.1) is 5.71 Å². The highest BCUT2D eigenvalue weighted by Gasteiger charge is 2.44. The van der Waals surface area contributed by atoms with Crippen molar-refractivity contribution in [2.75, 3.05) is 0 Å². The van der Waals surface area contributed by atoms with Crippen molar-refractivity contribution in [3.05, 3.63) is 71.8 Å². The lowest BCUT2D eigenvalue weighted by Gasteiger charge is -2.31. The zero-order chi connectivity index (χ0) is 14.9. The maximum Gasteiger partial charge on any atom is 0.212 e. The fourth-order valence-electron chi connectivity index (χ4n) is 2.52. The van der Waals surface area contributed by atoms with Crippen LogP contribution in [0.4, 0.5) is 0 Å². The number of aliphatic hydroxyl groups is 1. The van der Waals surface area contributed by atoms with E-state index in [1.165, 1.54) is 5.01 Å². The van der Waals surface area contributed by atoms with Gasteiger partial charge in [-0.05, 0) is 5.56 Å². The van der Waals surface area contributed by atoms with E-state index in [1.807, 2.05) is 48.5 Å². The van der Waals surface area contributed by atoms with E-state index in [1.54, 1.807) is 12.1 Å². The third kappa shape index (κ3) is 2.28. The molecule has 0 amide bonds. The highest BCUT2D eigenvalue weighted by atomic mass is 16.3. The van der Waals surface area contributed by atoms with Gasteiger partial charge in [-0.25, -0.2) is 0 Å². The largest absolute Gasteiger partial charge is 0.368 e. The third-order valence-corrected chi connectivity index (χ3v) is 3.56. The number of nitrogens with one attached hydrogen (secondary N) is 1. The minimum atomic E-state index is -1.42. The summed E-state index contributed by atoms with van der Waals surface area (Å²) < 4.78 is 0. The molecule has 5 heteroatoms. The molecule has 0 radical (unpaired) electrons. The number of hydrogen-bond donors (Lipinski definition) is 3. The van der Waals surface area contributed by atoms with E-state index >= 15 is 0 Å². The van der Waals surface area contributed by atoms with Gasteiger partial charge in [-0.15, -0.1) is 0 Å². The van der Waals surface area contributed by atoms with Gasteiger partial charge >= 0.3 is 0 Å². The first kappa shape index (κ1) is 13.3. The highest BCUT2D eigenvalue weighted by molar-refractivity contribution is 6.03. The van der Waals surface area contributed by atoms with E-state index in [0.29, 0.717) is 11.3 Å². The number of guanidine groups is 1. The molecule has 3 rings (SSSR count). The molecule has 0 unspecified atom stereocenters. The van der Waals surface area contributed by atoms with Crippen molar-refractivity contribution in [1.29, 1.82) is 5.41 Å². The Labute approximate surface area is 122 Å². The summed E-state index contributed by atoms with van der Waals surface area (Å²) in [5, 5.41) is 24.2. The lowest BCUT2D eigenvalue weighted by Crippen LogP contribution is -2.46. The Hall–Kier alpha value is -2.66. The first-order chi connectivity index (χ1) is 10.1. The molecule has 0 spiro atoms. The average Bonchev–Trinajstić information content (AvgIpc) is 2.89. The number of nitrogens with two attached hydrogens (primary N) is 1. The fourth-order valence-corrected chi connectivity index (χ4v) is 2.52. The molecule has 0 bridgehead atoms. The molecule has 2 aromatic carbocycles. The Kier molecular flexibility index (Phi) is 3.19. The molecule has 0 aromatic heterocycles. The number of hydrogen-bond acceptors (Lipinski definition) is 3. The van der Waals surface area contributed by atoms with Crippen LogP contribution in [0.25, 0.3) is 0 Å². The quantitative estimate of drug-likeness (QED) is 0.579. The average molecular weight is 280 g/mol. The molecule has 4 N–H and O–H groups in total.